The second-order valence-electron chi connectivity index (χ2n) is 10.7. The van der Waals surface area contributed by atoms with Crippen molar-refractivity contribution in [2.45, 2.75) is 84.7 Å². The van der Waals surface area contributed by atoms with Crippen LogP contribution >= 0.6 is 7.60 Å². The van der Waals surface area contributed by atoms with Gasteiger partial charge in [-0.2, -0.15) is 0 Å². The molecule has 44 heavy (non-hydrogen) atoms. The van der Waals surface area contributed by atoms with Gasteiger partial charge in [0.05, 0.1) is 85.9 Å². The van der Waals surface area contributed by atoms with Crippen LogP contribution in [-0.4, -0.2) is 98.6 Å². The van der Waals surface area contributed by atoms with Gasteiger partial charge in [0.25, 0.3) is 0 Å². The second kappa shape index (κ2) is 26.0. The molecule has 0 spiro atoms. The van der Waals surface area contributed by atoms with Crippen molar-refractivity contribution >= 4 is 12.9 Å². The number of hydrogen-bond acceptors (Lipinski definition) is 10. The highest BCUT2D eigenvalue weighted by Crippen LogP contribution is 2.49. The van der Waals surface area contributed by atoms with Crippen molar-refractivity contribution in [1.29, 1.82) is 0 Å². The van der Waals surface area contributed by atoms with Gasteiger partial charge in [-0.3, -0.25) is 4.57 Å². The normalized spacial score (nSPS) is 18.8. The molecular formula is C33H59O10P. The van der Waals surface area contributed by atoms with Gasteiger partial charge in [-0.25, -0.2) is 0 Å². The van der Waals surface area contributed by atoms with Gasteiger partial charge in [0.15, 0.2) is 0 Å². The van der Waals surface area contributed by atoms with E-state index in [1.165, 1.54) is 44.9 Å². The Labute approximate surface area is 266 Å². The van der Waals surface area contributed by atoms with Gasteiger partial charge in [-0.05, 0) is 44.4 Å². The van der Waals surface area contributed by atoms with E-state index in [0.29, 0.717) is 83.7 Å². The number of ether oxygens (including phenoxy) is 7. The van der Waals surface area contributed by atoms with Gasteiger partial charge < -0.3 is 42.2 Å². The molecule has 0 aromatic heterocycles. The first kappa shape index (κ1) is 39.1. The van der Waals surface area contributed by atoms with Crippen molar-refractivity contribution in [2.24, 2.45) is 0 Å². The smallest absolute Gasteiger partial charge is 0.365 e. The molecule has 2 rings (SSSR count). The zero-order valence-electron chi connectivity index (χ0n) is 27.6. The molecule has 1 aliphatic rings. The molecule has 1 aliphatic heterocycles. The predicted octanol–water partition coefficient (Wildman–Crippen LogP) is 6.12. The maximum absolute atomic E-state index is 13.9. The first-order valence-corrected chi connectivity index (χ1v) is 18.3. The van der Waals surface area contributed by atoms with Crippen LogP contribution in [0.2, 0.25) is 0 Å². The SMILES string of the molecule is CCCCCCCCCCc1ccc(OCC2COCCOCCOCCOCCOCCO2)c(P(=O)(OCC)OCC)c1. The first-order valence-electron chi connectivity index (χ1n) is 16.8. The molecule has 1 fully saturated rings. The lowest BCUT2D eigenvalue weighted by Crippen LogP contribution is -2.30. The van der Waals surface area contributed by atoms with Crippen molar-refractivity contribution in [1.82, 2.24) is 0 Å². The summed E-state index contributed by atoms with van der Waals surface area (Å²) in [5.41, 5.74) is 1.10. The summed E-state index contributed by atoms with van der Waals surface area (Å²) in [6.45, 7) is 11.6. The van der Waals surface area contributed by atoms with E-state index in [4.69, 9.17) is 42.2 Å². The Kier molecular flexibility index (Phi) is 23.2. The van der Waals surface area contributed by atoms with Gasteiger partial charge in [0, 0.05) is 0 Å². The minimum atomic E-state index is -3.58. The van der Waals surface area contributed by atoms with E-state index in [0.717, 1.165) is 18.4 Å². The van der Waals surface area contributed by atoms with Gasteiger partial charge in [-0.15, -0.1) is 0 Å². The largest absolute Gasteiger partial charge is 0.490 e. The standard InChI is InChI=1S/C33H59O10P/c1-4-7-8-9-10-11-12-13-14-30-15-16-32(33(27-30)44(34,42-5-2)43-6-3)41-29-31-28-39-24-23-37-20-19-35-17-18-36-21-22-38-25-26-40-31/h15-16,27,31H,4-14,17-26,28-29H2,1-3H3. The van der Waals surface area contributed by atoms with E-state index < -0.39 is 7.60 Å². The zero-order chi connectivity index (χ0) is 31.6. The molecule has 1 heterocycles. The van der Waals surface area contributed by atoms with E-state index >= 15 is 0 Å². The number of aryl methyl sites for hydroxylation is 1. The average molecular weight is 647 g/mol. The summed E-state index contributed by atoms with van der Waals surface area (Å²) in [5, 5.41) is 0.457. The first-order chi connectivity index (χ1) is 21.6. The molecule has 0 aliphatic carbocycles. The number of unbranched alkanes of at least 4 members (excludes halogenated alkanes) is 7. The van der Waals surface area contributed by atoms with Crippen LogP contribution in [0.15, 0.2) is 18.2 Å². The van der Waals surface area contributed by atoms with Crippen LogP contribution < -0.4 is 10.0 Å². The van der Waals surface area contributed by atoms with Crippen LogP contribution in [0.3, 0.4) is 0 Å². The van der Waals surface area contributed by atoms with Crippen LogP contribution in [0.4, 0.5) is 0 Å². The topological polar surface area (TPSA) is 100 Å². The third kappa shape index (κ3) is 17.6. The van der Waals surface area contributed by atoms with Crippen LogP contribution in [-0.2, 0) is 48.5 Å². The van der Waals surface area contributed by atoms with Crippen molar-refractivity contribution in [3.05, 3.63) is 23.8 Å². The van der Waals surface area contributed by atoms with Crippen molar-refractivity contribution < 1.29 is 46.8 Å². The predicted molar refractivity (Wildman–Crippen MR) is 173 cm³/mol. The molecule has 1 saturated heterocycles. The highest BCUT2D eigenvalue weighted by molar-refractivity contribution is 7.62. The Balaban J connectivity index is 2.03. The van der Waals surface area contributed by atoms with Crippen molar-refractivity contribution in [3.8, 4) is 5.75 Å². The molecule has 1 atom stereocenters. The summed E-state index contributed by atoms with van der Waals surface area (Å²) in [6, 6.07) is 5.85. The van der Waals surface area contributed by atoms with Gasteiger partial charge in [0.2, 0.25) is 0 Å². The Morgan fingerprint density at radius 3 is 1.77 bits per heavy atom. The van der Waals surface area contributed by atoms with Crippen molar-refractivity contribution in [2.75, 3.05) is 92.5 Å². The van der Waals surface area contributed by atoms with E-state index in [1.807, 2.05) is 32.0 Å². The van der Waals surface area contributed by atoms with E-state index in [-0.39, 0.29) is 25.9 Å². The fourth-order valence-electron chi connectivity index (χ4n) is 4.73. The highest BCUT2D eigenvalue weighted by Gasteiger charge is 2.31. The van der Waals surface area contributed by atoms with Gasteiger partial charge in [0.1, 0.15) is 23.8 Å². The lowest BCUT2D eigenvalue weighted by molar-refractivity contribution is -0.0710. The highest BCUT2D eigenvalue weighted by atomic mass is 31.2. The third-order valence-corrected chi connectivity index (χ3v) is 9.17. The Bertz CT molecular complexity index is 843. The summed E-state index contributed by atoms with van der Waals surface area (Å²) in [7, 11) is -3.58. The molecule has 11 heteroatoms. The maximum atomic E-state index is 13.9. The molecule has 0 saturated carbocycles. The van der Waals surface area contributed by atoms with Crippen LogP contribution in [0.25, 0.3) is 0 Å². The molecule has 0 radical (unpaired) electrons. The Hall–Kier alpha value is -1.07. The molecule has 10 nitrogen and oxygen atoms in total. The summed E-state index contributed by atoms with van der Waals surface area (Å²) in [6.07, 6.45) is 10.6. The van der Waals surface area contributed by atoms with E-state index in [9.17, 15) is 4.57 Å². The van der Waals surface area contributed by atoms with Crippen LogP contribution in [0.1, 0.15) is 77.7 Å². The molecule has 1 aromatic carbocycles. The molecule has 1 aromatic rings. The summed E-state index contributed by atoms with van der Waals surface area (Å²) in [5.74, 6) is 0.467. The lowest BCUT2D eigenvalue weighted by Gasteiger charge is -2.23. The number of rotatable bonds is 17. The summed E-state index contributed by atoms with van der Waals surface area (Å²) >= 11 is 0. The minimum absolute atomic E-state index is 0.195. The fourth-order valence-corrected chi connectivity index (χ4v) is 6.49. The van der Waals surface area contributed by atoms with Gasteiger partial charge in [-0.1, -0.05) is 57.9 Å². The molecular weight excluding hydrogens is 587 g/mol. The van der Waals surface area contributed by atoms with Crippen LogP contribution in [0, 0.1) is 0 Å². The molecule has 256 valence electrons. The Morgan fingerprint density at radius 2 is 1.20 bits per heavy atom. The fraction of sp³-hybridized carbons (Fsp3) is 0.818. The summed E-state index contributed by atoms with van der Waals surface area (Å²) in [4.78, 5) is 0. The third-order valence-electron chi connectivity index (χ3n) is 7.03. The lowest BCUT2D eigenvalue weighted by atomic mass is 10.0. The number of benzene rings is 1. The molecule has 1 unspecified atom stereocenters. The van der Waals surface area contributed by atoms with Crippen LogP contribution in [0.5, 0.6) is 5.75 Å². The van der Waals surface area contributed by atoms with E-state index in [1.54, 1.807) is 0 Å². The molecule has 0 bridgehead atoms. The Morgan fingerprint density at radius 1 is 0.682 bits per heavy atom. The average Bonchev–Trinajstić information content (AvgIpc) is 3.02. The maximum Gasteiger partial charge on any atom is 0.365 e. The van der Waals surface area contributed by atoms with Crippen molar-refractivity contribution in [3.63, 3.8) is 0 Å². The van der Waals surface area contributed by atoms with E-state index in [2.05, 4.69) is 6.92 Å². The summed E-state index contributed by atoms with van der Waals surface area (Å²) < 4.78 is 65.7. The molecule has 0 amide bonds. The second-order valence-corrected chi connectivity index (χ2v) is 12.7. The zero-order valence-corrected chi connectivity index (χ0v) is 28.5. The molecule has 0 N–H and O–H groups in total. The quantitative estimate of drug-likeness (QED) is 0.145. The number of hydrogen-bond donors (Lipinski definition) is 0. The minimum Gasteiger partial charge on any atom is -0.490 e. The monoisotopic (exact) mass is 646 g/mol. The van der Waals surface area contributed by atoms with Gasteiger partial charge >= 0.3 is 7.60 Å².